The lowest BCUT2D eigenvalue weighted by Crippen LogP contribution is -2.55. The van der Waals surface area contributed by atoms with Gasteiger partial charge in [-0.3, -0.25) is 0 Å². The first kappa shape index (κ1) is 14.5. The van der Waals surface area contributed by atoms with Gasteiger partial charge in [0.05, 0.1) is 14.2 Å². The number of methoxy groups -OCH3 is 2. The molecule has 116 valence electrons. The van der Waals surface area contributed by atoms with E-state index in [4.69, 9.17) is 9.47 Å². The number of phenols is 1. The molecule has 0 amide bonds. The molecule has 3 heterocycles. The standard InChI is InChI=1S/C16H24N2O3/c1-20-14-7-11(8-15(21-2)16(14)19)9-17-13-10-18-5-3-12(13)4-6-18/h7-8,12-13,17,19H,3-6,9-10H2,1-2H3. The third-order valence-electron chi connectivity index (χ3n) is 4.76. The molecular weight excluding hydrogens is 268 g/mol. The molecule has 2 bridgehead atoms. The number of fused-ring (bicyclic) bond motifs is 3. The van der Waals surface area contributed by atoms with E-state index >= 15 is 0 Å². The number of phenolic OH excluding ortho intramolecular Hbond substituents is 1. The van der Waals surface area contributed by atoms with E-state index in [0.29, 0.717) is 17.5 Å². The fourth-order valence-corrected chi connectivity index (χ4v) is 3.50. The van der Waals surface area contributed by atoms with E-state index in [-0.39, 0.29) is 5.75 Å². The van der Waals surface area contributed by atoms with Gasteiger partial charge >= 0.3 is 0 Å². The van der Waals surface area contributed by atoms with Gasteiger partial charge in [-0.2, -0.15) is 0 Å². The van der Waals surface area contributed by atoms with Crippen LogP contribution in [0.3, 0.4) is 0 Å². The summed E-state index contributed by atoms with van der Waals surface area (Å²) in [4.78, 5) is 2.54. The highest BCUT2D eigenvalue weighted by Gasteiger charge is 2.33. The van der Waals surface area contributed by atoms with Gasteiger partial charge in [-0.25, -0.2) is 0 Å². The van der Waals surface area contributed by atoms with Crippen LogP contribution in [0.25, 0.3) is 0 Å². The van der Waals surface area contributed by atoms with Crippen LogP contribution in [-0.4, -0.2) is 49.9 Å². The first-order valence-electron chi connectivity index (χ1n) is 7.61. The molecule has 21 heavy (non-hydrogen) atoms. The Kier molecular flexibility index (Phi) is 4.22. The number of hydrogen-bond acceptors (Lipinski definition) is 5. The predicted molar refractivity (Wildman–Crippen MR) is 81.0 cm³/mol. The third kappa shape index (κ3) is 2.94. The third-order valence-corrected chi connectivity index (χ3v) is 4.76. The second kappa shape index (κ2) is 6.12. The summed E-state index contributed by atoms with van der Waals surface area (Å²) in [5, 5.41) is 13.6. The van der Waals surface area contributed by atoms with Crippen molar-refractivity contribution in [3.63, 3.8) is 0 Å². The number of nitrogens with one attached hydrogen (secondary N) is 1. The summed E-state index contributed by atoms with van der Waals surface area (Å²) >= 11 is 0. The number of aromatic hydroxyl groups is 1. The van der Waals surface area contributed by atoms with Crippen LogP contribution in [0.5, 0.6) is 17.2 Å². The minimum absolute atomic E-state index is 0.0617. The van der Waals surface area contributed by atoms with Crippen LogP contribution in [0, 0.1) is 5.92 Å². The Hall–Kier alpha value is -1.46. The Morgan fingerprint density at radius 1 is 1.19 bits per heavy atom. The lowest BCUT2D eigenvalue weighted by molar-refractivity contribution is 0.0720. The van der Waals surface area contributed by atoms with Gasteiger partial charge in [-0.05, 0) is 49.5 Å². The van der Waals surface area contributed by atoms with Gasteiger partial charge < -0.3 is 24.8 Å². The molecule has 0 aliphatic carbocycles. The number of rotatable bonds is 5. The summed E-state index contributed by atoms with van der Waals surface area (Å²) in [7, 11) is 3.11. The molecule has 1 unspecified atom stereocenters. The quantitative estimate of drug-likeness (QED) is 0.863. The molecule has 3 saturated heterocycles. The maximum atomic E-state index is 9.94. The maximum Gasteiger partial charge on any atom is 0.200 e. The van der Waals surface area contributed by atoms with Gasteiger partial charge in [0.15, 0.2) is 11.5 Å². The van der Waals surface area contributed by atoms with Crippen molar-refractivity contribution in [3.8, 4) is 17.2 Å². The van der Waals surface area contributed by atoms with Crippen molar-refractivity contribution in [2.24, 2.45) is 5.92 Å². The Bertz CT molecular complexity index is 473. The van der Waals surface area contributed by atoms with E-state index < -0.39 is 0 Å². The van der Waals surface area contributed by atoms with Crippen molar-refractivity contribution in [2.75, 3.05) is 33.9 Å². The number of hydrogen-bond donors (Lipinski definition) is 2. The van der Waals surface area contributed by atoms with Crippen LogP contribution in [0.4, 0.5) is 0 Å². The van der Waals surface area contributed by atoms with E-state index in [1.807, 2.05) is 12.1 Å². The molecule has 5 heteroatoms. The van der Waals surface area contributed by atoms with E-state index in [0.717, 1.165) is 24.6 Å². The summed E-state index contributed by atoms with van der Waals surface area (Å²) in [6.45, 7) is 4.42. The summed E-state index contributed by atoms with van der Waals surface area (Å²) in [6.07, 6.45) is 2.61. The Morgan fingerprint density at radius 3 is 2.29 bits per heavy atom. The van der Waals surface area contributed by atoms with Gasteiger partial charge in [0.25, 0.3) is 0 Å². The lowest BCUT2D eigenvalue weighted by atomic mass is 9.84. The molecule has 5 nitrogen and oxygen atoms in total. The van der Waals surface area contributed by atoms with Gasteiger partial charge in [0, 0.05) is 19.1 Å². The molecule has 3 aliphatic heterocycles. The highest BCUT2D eigenvalue weighted by atomic mass is 16.5. The minimum atomic E-state index is 0.0617. The summed E-state index contributed by atoms with van der Waals surface area (Å²) < 4.78 is 10.4. The van der Waals surface area contributed by atoms with Crippen molar-refractivity contribution < 1.29 is 14.6 Å². The largest absolute Gasteiger partial charge is 0.502 e. The van der Waals surface area contributed by atoms with E-state index in [1.54, 1.807) is 14.2 Å². The van der Waals surface area contributed by atoms with E-state index in [9.17, 15) is 5.11 Å². The van der Waals surface area contributed by atoms with Crippen LogP contribution in [0.2, 0.25) is 0 Å². The van der Waals surface area contributed by atoms with Crippen LogP contribution in [-0.2, 0) is 6.54 Å². The van der Waals surface area contributed by atoms with Crippen LogP contribution >= 0.6 is 0 Å². The molecule has 1 aromatic rings. The molecule has 3 aliphatic rings. The van der Waals surface area contributed by atoms with Gasteiger partial charge in [0.1, 0.15) is 0 Å². The highest BCUT2D eigenvalue weighted by molar-refractivity contribution is 5.52. The maximum absolute atomic E-state index is 9.94. The van der Waals surface area contributed by atoms with Gasteiger partial charge in [-0.1, -0.05) is 0 Å². The minimum Gasteiger partial charge on any atom is -0.502 e. The molecular formula is C16H24N2O3. The van der Waals surface area contributed by atoms with E-state index in [2.05, 4.69) is 10.2 Å². The van der Waals surface area contributed by atoms with E-state index in [1.165, 1.54) is 25.9 Å². The van der Waals surface area contributed by atoms with Crippen molar-refractivity contribution in [3.05, 3.63) is 17.7 Å². The normalized spacial score (nSPS) is 27.6. The number of benzene rings is 1. The molecule has 0 saturated carbocycles. The number of nitrogens with zero attached hydrogens (tertiary/aromatic N) is 1. The SMILES string of the molecule is COc1cc(CNC2CN3CCC2CC3)cc(OC)c1O. The van der Waals surface area contributed by atoms with Gasteiger partial charge in [-0.15, -0.1) is 0 Å². The first-order chi connectivity index (χ1) is 10.2. The predicted octanol–water partition coefficient (Wildman–Crippen LogP) is 1.59. The molecule has 1 aromatic carbocycles. The highest BCUT2D eigenvalue weighted by Crippen LogP contribution is 2.37. The summed E-state index contributed by atoms with van der Waals surface area (Å²) in [5.41, 5.74) is 1.07. The smallest absolute Gasteiger partial charge is 0.200 e. The molecule has 3 fully saturated rings. The number of ether oxygens (including phenoxy) is 2. The zero-order valence-corrected chi connectivity index (χ0v) is 12.8. The average Bonchev–Trinajstić information content (AvgIpc) is 2.55. The molecule has 2 N–H and O–H groups in total. The van der Waals surface area contributed by atoms with Crippen LogP contribution in [0.1, 0.15) is 18.4 Å². The lowest BCUT2D eigenvalue weighted by Gasteiger charge is -2.45. The summed E-state index contributed by atoms with van der Waals surface area (Å²) in [6, 6.07) is 4.30. The second-order valence-corrected chi connectivity index (χ2v) is 5.97. The zero-order valence-electron chi connectivity index (χ0n) is 12.8. The van der Waals surface area contributed by atoms with Crippen LogP contribution in [0.15, 0.2) is 12.1 Å². The average molecular weight is 292 g/mol. The van der Waals surface area contributed by atoms with Gasteiger partial charge in [0.2, 0.25) is 5.75 Å². The van der Waals surface area contributed by atoms with Crippen molar-refractivity contribution >= 4 is 0 Å². The molecule has 0 radical (unpaired) electrons. The van der Waals surface area contributed by atoms with Crippen molar-refractivity contribution in [1.82, 2.24) is 10.2 Å². The number of piperidine rings is 3. The Morgan fingerprint density at radius 2 is 1.81 bits per heavy atom. The Labute approximate surface area is 125 Å². The molecule has 0 spiro atoms. The second-order valence-electron chi connectivity index (χ2n) is 5.97. The molecule has 4 rings (SSSR count). The molecule has 1 atom stereocenters. The monoisotopic (exact) mass is 292 g/mol. The first-order valence-corrected chi connectivity index (χ1v) is 7.61. The fourth-order valence-electron chi connectivity index (χ4n) is 3.50. The Balaban J connectivity index is 1.67. The van der Waals surface area contributed by atoms with Crippen molar-refractivity contribution in [1.29, 1.82) is 0 Å². The summed E-state index contributed by atoms with van der Waals surface area (Å²) in [5.74, 6) is 1.78. The van der Waals surface area contributed by atoms with Crippen LogP contribution < -0.4 is 14.8 Å². The molecule has 0 aromatic heterocycles. The topological polar surface area (TPSA) is 54.0 Å². The van der Waals surface area contributed by atoms with Crippen molar-refractivity contribution in [2.45, 2.75) is 25.4 Å². The fraction of sp³-hybridized carbons (Fsp3) is 0.625. The zero-order chi connectivity index (χ0) is 14.8.